The van der Waals surface area contributed by atoms with Crippen molar-refractivity contribution in [1.82, 2.24) is 15.5 Å². The summed E-state index contributed by atoms with van der Waals surface area (Å²) in [5.41, 5.74) is 1.62. The van der Waals surface area contributed by atoms with E-state index in [-0.39, 0.29) is 30.9 Å². The number of rotatable bonds is 9. The number of hydrogen-bond acceptors (Lipinski definition) is 5. The minimum Gasteiger partial charge on any atom is -0.483 e. The molecule has 0 aromatic heterocycles. The second kappa shape index (κ2) is 13.0. The van der Waals surface area contributed by atoms with E-state index in [1.54, 1.807) is 25.7 Å². The lowest BCUT2D eigenvalue weighted by atomic mass is 9.97. The highest BCUT2D eigenvalue weighted by Gasteiger charge is 2.28. The molecule has 2 aromatic rings. The molecule has 3 rings (SSSR count). The van der Waals surface area contributed by atoms with E-state index in [0.717, 1.165) is 24.8 Å². The quantitative estimate of drug-likeness (QED) is 0.519. The summed E-state index contributed by atoms with van der Waals surface area (Å²) >= 11 is 0. The van der Waals surface area contributed by atoms with Crippen molar-refractivity contribution in [3.63, 3.8) is 0 Å². The fourth-order valence-electron chi connectivity index (χ4n) is 4.06. The molecule has 0 aliphatic carbocycles. The molecule has 2 aromatic carbocycles. The topological polar surface area (TPSA) is 97.0 Å². The van der Waals surface area contributed by atoms with Gasteiger partial charge in [0, 0.05) is 32.6 Å². The SMILES string of the molecule is CC(C)(C)OC(=O)NCCNC(=O)C1CCCN(C(=O)COc2ccccc2Cc2ccccc2)C1. The van der Waals surface area contributed by atoms with E-state index in [1.165, 1.54) is 5.56 Å². The van der Waals surface area contributed by atoms with Gasteiger partial charge in [-0.05, 0) is 50.8 Å². The lowest BCUT2D eigenvalue weighted by Crippen LogP contribution is -2.47. The number of carbonyl (C=O) groups excluding carboxylic acids is 3. The van der Waals surface area contributed by atoms with Gasteiger partial charge >= 0.3 is 6.09 Å². The van der Waals surface area contributed by atoms with Gasteiger partial charge in [0.2, 0.25) is 5.91 Å². The van der Waals surface area contributed by atoms with Gasteiger partial charge in [0.1, 0.15) is 11.4 Å². The minimum absolute atomic E-state index is 0.0695. The van der Waals surface area contributed by atoms with Crippen molar-refractivity contribution < 1.29 is 23.9 Å². The average Bonchev–Trinajstić information content (AvgIpc) is 2.85. The minimum atomic E-state index is -0.570. The first-order chi connectivity index (χ1) is 17.2. The molecule has 0 radical (unpaired) electrons. The van der Waals surface area contributed by atoms with Gasteiger partial charge in [0.25, 0.3) is 5.91 Å². The van der Waals surface area contributed by atoms with E-state index in [2.05, 4.69) is 22.8 Å². The Hall–Kier alpha value is -3.55. The Morgan fingerprint density at radius 3 is 2.42 bits per heavy atom. The first kappa shape index (κ1) is 27.0. The normalized spacial score (nSPS) is 15.6. The Morgan fingerprint density at radius 1 is 0.972 bits per heavy atom. The maximum Gasteiger partial charge on any atom is 0.407 e. The van der Waals surface area contributed by atoms with E-state index in [9.17, 15) is 14.4 Å². The van der Waals surface area contributed by atoms with Crippen molar-refractivity contribution >= 4 is 17.9 Å². The molecule has 1 saturated heterocycles. The van der Waals surface area contributed by atoms with Crippen LogP contribution >= 0.6 is 0 Å². The number of para-hydroxylation sites is 1. The predicted octanol–water partition coefficient (Wildman–Crippen LogP) is 3.54. The maximum absolute atomic E-state index is 12.9. The molecule has 8 heteroatoms. The number of amides is 3. The molecular formula is C28H37N3O5. The summed E-state index contributed by atoms with van der Waals surface area (Å²) < 4.78 is 11.1. The zero-order chi connectivity index (χ0) is 26.0. The Kier molecular flexibility index (Phi) is 9.73. The molecule has 1 aliphatic rings. The number of likely N-dealkylation sites (tertiary alicyclic amines) is 1. The monoisotopic (exact) mass is 495 g/mol. The summed E-state index contributed by atoms with van der Waals surface area (Å²) in [6.07, 6.45) is 1.68. The predicted molar refractivity (Wildman–Crippen MR) is 138 cm³/mol. The summed E-state index contributed by atoms with van der Waals surface area (Å²) in [7, 11) is 0. The zero-order valence-corrected chi connectivity index (χ0v) is 21.4. The van der Waals surface area contributed by atoms with Crippen molar-refractivity contribution in [3.05, 3.63) is 65.7 Å². The van der Waals surface area contributed by atoms with Crippen LogP contribution in [0.3, 0.4) is 0 Å². The van der Waals surface area contributed by atoms with Crippen LogP contribution in [-0.2, 0) is 20.7 Å². The van der Waals surface area contributed by atoms with Crippen LogP contribution in [0.25, 0.3) is 0 Å². The van der Waals surface area contributed by atoms with Gasteiger partial charge in [-0.2, -0.15) is 0 Å². The molecule has 8 nitrogen and oxygen atoms in total. The molecular weight excluding hydrogens is 458 g/mol. The average molecular weight is 496 g/mol. The van der Waals surface area contributed by atoms with E-state index in [1.807, 2.05) is 42.5 Å². The highest BCUT2D eigenvalue weighted by Crippen LogP contribution is 2.22. The van der Waals surface area contributed by atoms with Crippen LogP contribution < -0.4 is 15.4 Å². The van der Waals surface area contributed by atoms with Crippen LogP contribution in [0.2, 0.25) is 0 Å². The van der Waals surface area contributed by atoms with E-state index < -0.39 is 11.7 Å². The third-order valence-electron chi connectivity index (χ3n) is 5.80. The zero-order valence-electron chi connectivity index (χ0n) is 21.4. The first-order valence-electron chi connectivity index (χ1n) is 12.5. The van der Waals surface area contributed by atoms with E-state index >= 15 is 0 Å². The first-order valence-corrected chi connectivity index (χ1v) is 12.5. The summed E-state index contributed by atoms with van der Waals surface area (Å²) in [5, 5.41) is 5.46. The van der Waals surface area contributed by atoms with Gasteiger partial charge in [-0.15, -0.1) is 0 Å². The standard InChI is InChI=1S/C28H37N3O5/c1-28(2,3)36-27(34)30-16-15-29-26(33)23-13-9-17-31(19-23)25(32)20-35-24-14-8-7-12-22(24)18-21-10-5-4-6-11-21/h4-8,10-12,14,23H,9,13,15-20H2,1-3H3,(H,29,33)(H,30,34). The molecule has 1 atom stereocenters. The highest BCUT2D eigenvalue weighted by molar-refractivity contribution is 5.82. The lowest BCUT2D eigenvalue weighted by molar-refractivity contribution is -0.137. The second-order valence-corrected chi connectivity index (χ2v) is 9.96. The Bertz CT molecular complexity index is 1020. The van der Waals surface area contributed by atoms with Gasteiger partial charge in [0.15, 0.2) is 6.61 Å². The third-order valence-corrected chi connectivity index (χ3v) is 5.80. The summed E-state index contributed by atoms with van der Waals surface area (Å²) in [6.45, 7) is 6.84. The van der Waals surface area contributed by atoms with E-state index in [0.29, 0.717) is 25.4 Å². The molecule has 1 heterocycles. The lowest BCUT2D eigenvalue weighted by Gasteiger charge is -2.32. The number of nitrogens with zero attached hydrogens (tertiary/aromatic N) is 1. The van der Waals surface area contributed by atoms with Crippen LogP contribution in [0.15, 0.2) is 54.6 Å². The van der Waals surface area contributed by atoms with Crippen LogP contribution in [0, 0.1) is 5.92 Å². The van der Waals surface area contributed by atoms with Crippen molar-refractivity contribution in [2.24, 2.45) is 5.92 Å². The molecule has 0 spiro atoms. The number of hydrogen-bond donors (Lipinski definition) is 2. The summed E-state index contributed by atoms with van der Waals surface area (Å²) in [5.74, 6) is 0.161. The molecule has 2 N–H and O–H groups in total. The smallest absolute Gasteiger partial charge is 0.407 e. The fourth-order valence-corrected chi connectivity index (χ4v) is 4.06. The van der Waals surface area contributed by atoms with Crippen LogP contribution in [-0.4, -0.2) is 61.2 Å². The number of nitrogens with one attached hydrogen (secondary N) is 2. The largest absolute Gasteiger partial charge is 0.483 e. The number of alkyl carbamates (subject to hydrolysis) is 1. The number of ether oxygens (including phenoxy) is 2. The van der Waals surface area contributed by atoms with Gasteiger partial charge in [-0.1, -0.05) is 48.5 Å². The molecule has 1 aliphatic heterocycles. The Balaban J connectivity index is 1.43. The van der Waals surface area contributed by atoms with Crippen molar-refractivity contribution in [2.45, 2.75) is 45.6 Å². The second-order valence-electron chi connectivity index (χ2n) is 9.96. The van der Waals surface area contributed by atoms with Crippen molar-refractivity contribution in [2.75, 3.05) is 32.8 Å². The molecule has 0 saturated carbocycles. The van der Waals surface area contributed by atoms with Crippen molar-refractivity contribution in [1.29, 1.82) is 0 Å². The summed E-state index contributed by atoms with van der Waals surface area (Å²) in [6, 6.07) is 17.9. The number of benzene rings is 2. The molecule has 1 unspecified atom stereocenters. The number of carbonyl (C=O) groups is 3. The van der Waals surface area contributed by atoms with Gasteiger partial charge in [0.05, 0.1) is 5.92 Å². The maximum atomic E-state index is 12.9. The fraction of sp³-hybridized carbons (Fsp3) is 0.464. The molecule has 36 heavy (non-hydrogen) atoms. The Morgan fingerprint density at radius 2 is 1.67 bits per heavy atom. The van der Waals surface area contributed by atoms with E-state index in [4.69, 9.17) is 9.47 Å². The molecule has 0 bridgehead atoms. The van der Waals surface area contributed by atoms with Crippen LogP contribution in [0.1, 0.15) is 44.7 Å². The van der Waals surface area contributed by atoms with Crippen LogP contribution in [0.4, 0.5) is 4.79 Å². The van der Waals surface area contributed by atoms with Crippen molar-refractivity contribution in [3.8, 4) is 5.75 Å². The van der Waals surface area contributed by atoms with Gasteiger partial charge in [-0.25, -0.2) is 4.79 Å². The third kappa shape index (κ3) is 8.91. The molecule has 3 amide bonds. The number of piperidine rings is 1. The molecule has 194 valence electrons. The van der Waals surface area contributed by atoms with Gasteiger partial charge < -0.3 is 25.0 Å². The van der Waals surface area contributed by atoms with Crippen LogP contribution in [0.5, 0.6) is 5.75 Å². The molecule has 1 fully saturated rings. The van der Waals surface area contributed by atoms with Gasteiger partial charge in [-0.3, -0.25) is 9.59 Å². The summed E-state index contributed by atoms with van der Waals surface area (Å²) in [4.78, 5) is 38.9. The Labute approximate surface area is 213 Å². The highest BCUT2D eigenvalue weighted by atomic mass is 16.6.